The SMILES string of the molecule is c1ccc(-c2nc(-c3ccccc3)nc(-c3cccc4oc5c6ccccc6c(-n6c7ccccc7c7c8ccccc8c(-c8ccccc8)cc76)cc5c34)n2)cc1. The van der Waals surface area contributed by atoms with Gasteiger partial charge in [0.1, 0.15) is 11.2 Å². The zero-order valence-electron chi connectivity index (χ0n) is 31.2. The molecule has 0 bridgehead atoms. The molecule has 0 atom stereocenters. The molecule has 0 aliphatic carbocycles. The summed E-state index contributed by atoms with van der Waals surface area (Å²) in [5.41, 5.74) is 10.1. The molecule has 0 unspecified atom stereocenters. The minimum absolute atomic E-state index is 0.589. The molecule has 0 amide bonds. The lowest BCUT2D eigenvalue weighted by atomic mass is 9.95. The molecule has 0 saturated carbocycles. The summed E-state index contributed by atoms with van der Waals surface area (Å²) in [7, 11) is 0. The summed E-state index contributed by atoms with van der Waals surface area (Å²) >= 11 is 0. The van der Waals surface area contributed by atoms with Gasteiger partial charge in [0.05, 0.1) is 16.7 Å². The van der Waals surface area contributed by atoms with Crippen LogP contribution in [0.4, 0.5) is 0 Å². The molecule has 5 heteroatoms. The van der Waals surface area contributed by atoms with Gasteiger partial charge in [0.2, 0.25) is 0 Å². The second-order valence-electron chi connectivity index (χ2n) is 14.7. The fourth-order valence-corrected chi connectivity index (χ4v) is 8.88. The highest BCUT2D eigenvalue weighted by Crippen LogP contribution is 2.45. The van der Waals surface area contributed by atoms with Crippen LogP contribution in [0, 0.1) is 0 Å². The van der Waals surface area contributed by atoms with Gasteiger partial charge < -0.3 is 8.98 Å². The van der Waals surface area contributed by atoms with E-state index in [1.165, 1.54) is 32.7 Å². The molecule has 0 aliphatic rings. The van der Waals surface area contributed by atoms with Crippen LogP contribution in [-0.4, -0.2) is 19.5 Å². The summed E-state index contributed by atoms with van der Waals surface area (Å²) in [5, 5.41) is 9.01. The number of para-hydroxylation sites is 1. The van der Waals surface area contributed by atoms with Crippen molar-refractivity contribution in [3.8, 4) is 51.0 Å². The third-order valence-corrected chi connectivity index (χ3v) is 11.4. The first-order chi connectivity index (χ1) is 28.8. The summed E-state index contributed by atoms with van der Waals surface area (Å²) in [6.07, 6.45) is 0. The lowest BCUT2D eigenvalue weighted by molar-refractivity contribution is 0.672. The Bertz CT molecular complexity index is 3500. The van der Waals surface area contributed by atoms with Gasteiger partial charge in [-0.15, -0.1) is 0 Å². The van der Waals surface area contributed by atoms with Crippen molar-refractivity contribution >= 4 is 65.3 Å². The number of benzene rings is 9. The second-order valence-corrected chi connectivity index (χ2v) is 14.7. The van der Waals surface area contributed by atoms with Crippen LogP contribution in [0.1, 0.15) is 0 Å². The van der Waals surface area contributed by atoms with Crippen LogP contribution in [0.5, 0.6) is 0 Å². The number of nitrogens with zero attached hydrogens (tertiary/aromatic N) is 4. The first-order valence-corrected chi connectivity index (χ1v) is 19.5. The van der Waals surface area contributed by atoms with E-state index in [-0.39, 0.29) is 0 Å². The Morgan fingerprint density at radius 2 is 0.897 bits per heavy atom. The van der Waals surface area contributed by atoms with Crippen molar-refractivity contribution < 1.29 is 4.42 Å². The largest absolute Gasteiger partial charge is 0.455 e. The highest BCUT2D eigenvalue weighted by molar-refractivity contribution is 6.26. The molecule has 5 nitrogen and oxygen atoms in total. The van der Waals surface area contributed by atoms with E-state index in [0.717, 1.165) is 66.1 Å². The van der Waals surface area contributed by atoms with Crippen LogP contribution < -0.4 is 0 Å². The second kappa shape index (κ2) is 12.8. The van der Waals surface area contributed by atoms with Gasteiger partial charge in [0.25, 0.3) is 0 Å². The molecule has 9 aromatic carbocycles. The van der Waals surface area contributed by atoms with E-state index in [1.54, 1.807) is 0 Å². The van der Waals surface area contributed by atoms with E-state index < -0.39 is 0 Å². The summed E-state index contributed by atoms with van der Waals surface area (Å²) in [4.78, 5) is 15.3. The first kappa shape index (κ1) is 32.4. The third-order valence-electron chi connectivity index (χ3n) is 11.4. The van der Waals surface area contributed by atoms with E-state index in [0.29, 0.717) is 17.5 Å². The maximum Gasteiger partial charge on any atom is 0.164 e. The Kier molecular flexibility index (Phi) is 7.16. The molecule has 0 aliphatic heterocycles. The Morgan fingerprint density at radius 1 is 0.345 bits per heavy atom. The average Bonchev–Trinajstić information content (AvgIpc) is 3.85. The Hall–Kier alpha value is -7.89. The average molecular weight is 741 g/mol. The molecule has 0 saturated heterocycles. The van der Waals surface area contributed by atoms with E-state index >= 15 is 0 Å². The van der Waals surface area contributed by atoms with Gasteiger partial charge >= 0.3 is 0 Å². The third kappa shape index (κ3) is 4.93. The zero-order chi connectivity index (χ0) is 38.2. The van der Waals surface area contributed by atoms with Crippen LogP contribution in [0.3, 0.4) is 0 Å². The van der Waals surface area contributed by atoms with E-state index in [1.807, 2.05) is 72.8 Å². The summed E-state index contributed by atoms with van der Waals surface area (Å²) in [6, 6.07) is 68.0. The fourth-order valence-electron chi connectivity index (χ4n) is 8.88. The Morgan fingerprint density at radius 3 is 1.59 bits per heavy atom. The van der Waals surface area contributed by atoms with Gasteiger partial charge in [-0.1, -0.05) is 170 Å². The Labute approximate surface area is 333 Å². The number of hydrogen-bond acceptors (Lipinski definition) is 4. The number of hydrogen-bond donors (Lipinski definition) is 0. The molecule has 0 spiro atoms. The van der Waals surface area contributed by atoms with Gasteiger partial charge in [-0.2, -0.15) is 0 Å². The lowest BCUT2D eigenvalue weighted by Crippen LogP contribution is -2.00. The van der Waals surface area contributed by atoms with E-state index in [4.69, 9.17) is 19.4 Å². The minimum atomic E-state index is 0.589. The maximum atomic E-state index is 6.86. The van der Waals surface area contributed by atoms with Crippen molar-refractivity contribution in [2.75, 3.05) is 0 Å². The Balaban J connectivity index is 1.19. The molecule has 3 aromatic heterocycles. The van der Waals surface area contributed by atoms with Crippen molar-refractivity contribution in [1.82, 2.24) is 19.5 Å². The van der Waals surface area contributed by atoms with E-state index in [9.17, 15) is 0 Å². The summed E-state index contributed by atoms with van der Waals surface area (Å²) < 4.78 is 9.31. The van der Waals surface area contributed by atoms with Crippen LogP contribution >= 0.6 is 0 Å². The van der Waals surface area contributed by atoms with Gasteiger partial charge in [-0.05, 0) is 46.2 Å². The molecule has 12 aromatic rings. The smallest absolute Gasteiger partial charge is 0.164 e. The minimum Gasteiger partial charge on any atom is -0.455 e. The fraction of sp³-hybridized carbons (Fsp3) is 0. The predicted molar refractivity (Wildman–Crippen MR) is 238 cm³/mol. The first-order valence-electron chi connectivity index (χ1n) is 19.5. The van der Waals surface area contributed by atoms with Crippen LogP contribution in [0.15, 0.2) is 199 Å². The highest BCUT2D eigenvalue weighted by atomic mass is 16.3. The monoisotopic (exact) mass is 740 g/mol. The molecular weight excluding hydrogens is 709 g/mol. The molecule has 58 heavy (non-hydrogen) atoms. The van der Waals surface area contributed by atoms with Crippen molar-refractivity contribution in [1.29, 1.82) is 0 Å². The topological polar surface area (TPSA) is 56.7 Å². The van der Waals surface area contributed by atoms with Crippen LogP contribution in [0.25, 0.3) is 116 Å². The number of rotatable bonds is 5. The predicted octanol–water partition coefficient (Wildman–Crippen LogP) is 13.8. The van der Waals surface area contributed by atoms with Crippen molar-refractivity contribution in [2.45, 2.75) is 0 Å². The van der Waals surface area contributed by atoms with Gasteiger partial charge in [-0.3, -0.25) is 0 Å². The maximum absolute atomic E-state index is 6.86. The molecule has 270 valence electrons. The molecule has 0 N–H and O–H groups in total. The molecule has 12 rings (SSSR count). The number of fused-ring (bicyclic) bond motifs is 10. The van der Waals surface area contributed by atoms with Crippen LogP contribution in [0.2, 0.25) is 0 Å². The highest BCUT2D eigenvalue weighted by Gasteiger charge is 2.23. The summed E-state index contributed by atoms with van der Waals surface area (Å²) in [5.74, 6) is 1.82. The normalized spacial score (nSPS) is 11.8. The van der Waals surface area contributed by atoms with Gasteiger partial charge in [0, 0.05) is 49.0 Å². The number of furan rings is 1. The molecule has 3 heterocycles. The summed E-state index contributed by atoms with van der Waals surface area (Å²) in [6.45, 7) is 0. The molecule has 0 fully saturated rings. The van der Waals surface area contributed by atoms with Crippen molar-refractivity contribution in [2.24, 2.45) is 0 Å². The van der Waals surface area contributed by atoms with Crippen molar-refractivity contribution in [3.63, 3.8) is 0 Å². The van der Waals surface area contributed by atoms with Gasteiger partial charge in [0.15, 0.2) is 17.5 Å². The van der Waals surface area contributed by atoms with E-state index in [2.05, 4.69) is 126 Å². The van der Waals surface area contributed by atoms with Crippen molar-refractivity contribution in [3.05, 3.63) is 194 Å². The molecular formula is C53H32N4O. The van der Waals surface area contributed by atoms with Gasteiger partial charge in [-0.25, -0.2) is 15.0 Å². The van der Waals surface area contributed by atoms with Crippen LogP contribution in [-0.2, 0) is 0 Å². The standard InChI is InChI=1S/C53H32N4O/c1-4-17-33(18-5-1)42-31-46-48(38-25-12-10-23-36(38)42)40-27-14-15-29-44(40)57(46)45-32-43-49-41(28-16-30-47(49)58-50(43)39-26-13-11-24-37(39)45)53-55-51(34-19-6-2-7-20-34)54-52(56-53)35-21-8-3-9-22-35/h1-32H. The quantitative estimate of drug-likeness (QED) is 0.176. The molecule has 0 radical (unpaired) electrons. The number of aromatic nitrogens is 4. The zero-order valence-corrected chi connectivity index (χ0v) is 31.2. The lowest BCUT2D eigenvalue weighted by Gasteiger charge is -2.15.